The molecule has 0 saturated heterocycles. The predicted molar refractivity (Wildman–Crippen MR) is 62.6 cm³/mol. The SMILES string of the molecule is CCn1nc([N+](=O)[O-])c2nc(Cl)c(Br)cc21. The van der Waals surface area contributed by atoms with Crippen LogP contribution in [0.3, 0.4) is 0 Å². The molecule has 16 heavy (non-hydrogen) atoms. The first kappa shape index (κ1) is 11.3. The summed E-state index contributed by atoms with van der Waals surface area (Å²) in [4.78, 5) is 14.2. The molecule has 2 aromatic rings. The van der Waals surface area contributed by atoms with E-state index in [-0.39, 0.29) is 16.5 Å². The number of hydrogen-bond acceptors (Lipinski definition) is 4. The molecule has 0 aromatic carbocycles. The highest BCUT2D eigenvalue weighted by molar-refractivity contribution is 9.10. The molecule has 0 bridgehead atoms. The largest absolute Gasteiger partial charge is 0.416 e. The second-order valence-electron chi connectivity index (χ2n) is 3.03. The third kappa shape index (κ3) is 1.65. The Balaban J connectivity index is 2.85. The Hall–Kier alpha value is -1.21. The van der Waals surface area contributed by atoms with Crippen molar-refractivity contribution in [3.63, 3.8) is 0 Å². The van der Waals surface area contributed by atoms with Gasteiger partial charge in [0, 0.05) is 0 Å². The number of nitro groups is 1. The molecular formula is C8H6BrClN4O2. The third-order valence-corrected chi connectivity index (χ3v) is 3.21. The lowest BCUT2D eigenvalue weighted by Crippen LogP contribution is -1.97. The maximum Gasteiger partial charge on any atom is 0.416 e. The summed E-state index contributed by atoms with van der Waals surface area (Å²) in [6.07, 6.45) is 0. The van der Waals surface area contributed by atoms with Crippen LogP contribution in [-0.2, 0) is 6.54 Å². The molecule has 0 atom stereocenters. The smallest absolute Gasteiger partial charge is 0.358 e. The van der Waals surface area contributed by atoms with Gasteiger partial charge in [-0.15, -0.1) is 0 Å². The van der Waals surface area contributed by atoms with E-state index in [0.717, 1.165) is 0 Å². The molecule has 0 aliphatic carbocycles. The third-order valence-electron chi connectivity index (χ3n) is 2.09. The molecule has 0 radical (unpaired) electrons. The van der Waals surface area contributed by atoms with Crippen LogP contribution in [0.1, 0.15) is 6.92 Å². The molecule has 8 heteroatoms. The van der Waals surface area contributed by atoms with Gasteiger partial charge >= 0.3 is 5.82 Å². The van der Waals surface area contributed by atoms with Crippen LogP contribution >= 0.6 is 27.5 Å². The molecule has 0 N–H and O–H groups in total. The van der Waals surface area contributed by atoms with Crippen molar-refractivity contribution < 1.29 is 4.92 Å². The Morgan fingerprint density at radius 1 is 1.69 bits per heavy atom. The molecule has 0 amide bonds. The normalized spacial score (nSPS) is 10.9. The maximum absolute atomic E-state index is 10.8. The van der Waals surface area contributed by atoms with E-state index in [2.05, 4.69) is 26.0 Å². The summed E-state index contributed by atoms with van der Waals surface area (Å²) in [5, 5.41) is 14.8. The van der Waals surface area contributed by atoms with E-state index in [1.807, 2.05) is 6.92 Å². The molecule has 2 rings (SSSR count). The molecule has 0 unspecified atom stereocenters. The highest BCUT2D eigenvalue weighted by Crippen LogP contribution is 2.29. The first-order chi connectivity index (χ1) is 7.54. The Morgan fingerprint density at radius 2 is 2.38 bits per heavy atom. The van der Waals surface area contributed by atoms with Gasteiger partial charge in [-0.25, -0.2) is 4.98 Å². The molecule has 0 aliphatic heterocycles. The van der Waals surface area contributed by atoms with Crippen LogP contribution in [0.4, 0.5) is 5.82 Å². The van der Waals surface area contributed by atoms with Crippen LogP contribution < -0.4 is 0 Å². The molecule has 0 spiro atoms. The van der Waals surface area contributed by atoms with E-state index < -0.39 is 4.92 Å². The predicted octanol–water partition coefficient (Wildman–Crippen LogP) is 2.78. The molecular weight excluding hydrogens is 299 g/mol. The number of hydrogen-bond donors (Lipinski definition) is 0. The number of pyridine rings is 1. The average Bonchev–Trinajstić information content (AvgIpc) is 2.57. The first-order valence-electron chi connectivity index (χ1n) is 4.41. The fourth-order valence-electron chi connectivity index (χ4n) is 1.40. The van der Waals surface area contributed by atoms with E-state index in [0.29, 0.717) is 16.5 Å². The van der Waals surface area contributed by atoms with Gasteiger partial charge in [-0.05, 0) is 33.8 Å². The minimum Gasteiger partial charge on any atom is -0.358 e. The van der Waals surface area contributed by atoms with E-state index in [1.165, 1.54) is 4.68 Å². The fourth-order valence-corrected chi connectivity index (χ4v) is 1.84. The second kappa shape index (κ2) is 3.99. The standard InChI is InChI=1S/C8H6BrClN4O2/c1-2-13-5-3-4(9)7(10)11-6(5)8(12-13)14(15)16/h3H,2H2,1H3. The van der Waals surface area contributed by atoms with Gasteiger partial charge in [-0.3, -0.25) is 0 Å². The summed E-state index contributed by atoms with van der Waals surface area (Å²) in [6.45, 7) is 2.37. The summed E-state index contributed by atoms with van der Waals surface area (Å²) in [5.41, 5.74) is 0.797. The zero-order valence-corrected chi connectivity index (χ0v) is 10.5. The van der Waals surface area contributed by atoms with Gasteiger partial charge in [0.25, 0.3) is 0 Å². The zero-order chi connectivity index (χ0) is 11.9. The van der Waals surface area contributed by atoms with Crippen LogP contribution in [-0.4, -0.2) is 19.7 Å². The number of rotatable bonds is 2. The first-order valence-corrected chi connectivity index (χ1v) is 5.58. The lowest BCUT2D eigenvalue weighted by Gasteiger charge is -1.96. The summed E-state index contributed by atoms with van der Waals surface area (Å²) in [7, 11) is 0. The Bertz CT molecular complexity index is 583. The van der Waals surface area contributed by atoms with Crippen molar-refractivity contribution in [2.24, 2.45) is 0 Å². The Morgan fingerprint density at radius 3 is 2.94 bits per heavy atom. The lowest BCUT2D eigenvalue weighted by molar-refractivity contribution is -0.388. The van der Waals surface area contributed by atoms with E-state index in [1.54, 1.807) is 6.07 Å². The summed E-state index contributed by atoms with van der Waals surface area (Å²) in [5.74, 6) is -0.272. The fraction of sp³-hybridized carbons (Fsp3) is 0.250. The van der Waals surface area contributed by atoms with Gasteiger partial charge < -0.3 is 10.1 Å². The average molecular weight is 306 g/mol. The number of aryl methyl sites for hydroxylation is 1. The molecule has 2 heterocycles. The molecule has 2 aromatic heterocycles. The maximum atomic E-state index is 10.8. The molecule has 0 aliphatic rings. The monoisotopic (exact) mass is 304 g/mol. The minimum absolute atomic E-state index is 0.186. The Kier molecular flexibility index (Phi) is 2.81. The van der Waals surface area contributed by atoms with Crippen molar-refractivity contribution in [2.45, 2.75) is 13.5 Å². The van der Waals surface area contributed by atoms with E-state index >= 15 is 0 Å². The van der Waals surface area contributed by atoms with Crippen LogP contribution in [0, 0.1) is 10.1 Å². The van der Waals surface area contributed by atoms with Crippen LogP contribution in [0.2, 0.25) is 5.15 Å². The quantitative estimate of drug-likeness (QED) is 0.486. The van der Waals surface area contributed by atoms with Gasteiger partial charge in [0.15, 0.2) is 5.52 Å². The molecule has 0 fully saturated rings. The summed E-state index contributed by atoms with van der Waals surface area (Å²) in [6, 6.07) is 1.67. The number of nitrogens with zero attached hydrogens (tertiary/aromatic N) is 4. The zero-order valence-electron chi connectivity index (χ0n) is 8.15. The number of fused-ring (bicyclic) bond motifs is 1. The number of aromatic nitrogens is 3. The molecule has 6 nitrogen and oxygen atoms in total. The summed E-state index contributed by atoms with van der Waals surface area (Å²) < 4.78 is 2.10. The van der Waals surface area contributed by atoms with Crippen molar-refractivity contribution in [3.05, 3.63) is 25.8 Å². The molecule has 84 valence electrons. The second-order valence-corrected chi connectivity index (χ2v) is 4.24. The van der Waals surface area contributed by atoms with Crippen molar-refractivity contribution >= 4 is 44.4 Å². The van der Waals surface area contributed by atoms with E-state index in [9.17, 15) is 10.1 Å². The highest BCUT2D eigenvalue weighted by atomic mass is 79.9. The van der Waals surface area contributed by atoms with Crippen molar-refractivity contribution in [3.8, 4) is 0 Å². The van der Waals surface area contributed by atoms with Gasteiger partial charge in [0.2, 0.25) is 0 Å². The minimum atomic E-state index is -0.564. The van der Waals surface area contributed by atoms with Gasteiger partial charge in [0.05, 0.1) is 16.1 Å². The number of halogens is 2. The highest BCUT2D eigenvalue weighted by Gasteiger charge is 2.23. The van der Waals surface area contributed by atoms with E-state index in [4.69, 9.17) is 11.6 Å². The van der Waals surface area contributed by atoms with Crippen LogP contribution in [0.25, 0.3) is 11.0 Å². The van der Waals surface area contributed by atoms with Crippen molar-refractivity contribution in [1.29, 1.82) is 0 Å². The topological polar surface area (TPSA) is 73.8 Å². The Labute approximate surface area is 103 Å². The summed E-state index contributed by atoms with van der Waals surface area (Å²) >= 11 is 9.02. The molecule has 0 saturated carbocycles. The van der Waals surface area contributed by atoms with Gasteiger partial charge in [-0.2, -0.15) is 4.68 Å². The van der Waals surface area contributed by atoms with Crippen LogP contribution in [0.5, 0.6) is 0 Å². The van der Waals surface area contributed by atoms with Crippen LogP contribution in [0.15, 0.2) is 10.5 Å². The van der Waals surface area contributed by atoms with Crippen molar-refractivity contribution in [1.82, 2.24) is 14.8 Å². The van der Waals surface area contributed by atoms with Crippen molar-refractivity contribution in [2.75, 3.05) is 0 Å². The van der Waals surface area contributed by atoms with Gasteiger partial charge in [-0.1, -0.05) is 11.6 Å². The van der Waals surface area contributed by atoms with Gasteiger partial charge in [0.1, 0.15) is 10.7 Å². The lowest BCUT2D eigenvalue weighted by atomic mass is 10.4.